The van der Waals surface area contributed by atoms with Crippen molar-refractivity contribution in [3.05, 3.63) is 63.6 Å². The number of likely N-dealkylation sites (tertiary alicyclic amines) is 1. The molecule has 3 atom stereocenters. The monoisotopic (exact) mass is 485 g/mol. The number of Topliss-reactive ketones (excluding diaryl/α,β-unsaturated/α-hetero) is 1. The Morgan fingerprint density at radius 1 is 1.09 bits per heavy atom. The smallest absolute Gasteiger partial charge is 0.223 e. The van der Waals surface area contributed by atoms with Gasteiger partial charge >= 0.3 is 0 Å². The highest BCUT2D eigenvalue weighted by Gasteiger charge is 2.72. The molecule has 1 saturated heterocycles. The van der Waals surface area contributed by atoms with Crippen molar-refractivity contribution in [2.24, 2.45) is 5.41 Å². The van der Waals surface area contributed by atoms with E-state index in [1.54, 1.807) is 18.2 Å². The first-order valence-corrected chi connectivity index (χ1v) is 12.2. The lowest BCUT2D eigenvalue weighted by molar-refractivity contribution is -0.218. The zero-order chi connectivity index (χ0) is 23.0. The molecule has 1 N–H and O–H groups in total. The van der Waals surface area contributed by atoms with Gasteiger partial charge in [-0.3, -0.25) is 9.59 Å². The molecule has 0 radical (unpaired) electrons. The molecule has 172 valence electrons. The molecule has 2 aromatic rings. The summed E-state index contributed by atoms with van der Waals surface area (Å²) in [7, 11) is 0. The Morgan fingerprint density at radius 3 is 2.52 bits per heavy atom. The van der Waals surface area contributed by atoms with E-state index in [1.807, 2.05) is 24.3 Å². The van der Waals surface area contributed by atoms with Crippen LogP contribution >= 0.6 is 23.2 Å². The molecule has 2 heterocycles. The van der Waals surface area contributed by atoms with Gasteiger partial charge in [0.1, 0.15) is 5.75 Å². The van der Waals surface area contributed by atoms with Crippen LogP contribution in [0.5, 0.6) is 5.75 Å². The summed E-state index contributed by atoms with van der Waals surface area (Å²) in [5, 5.41) is 11.7. The van der Waals surface area contributed by atoms with Crippen LogP contribution in [0.2, 0.25) is 10.0 Å². The van der Waals surface area contributed by atoms with Crippen LogP contribution in [-0.2, 0) is 9.59 Å². The van der Waals surface area contributed by atoms with Crippen LogP contribution in [-0.4, -0.2) is 39.9 Å². The number of carbonyl (C=O) groups excluding carboxylic acids is 2. The number of fused-ring (bicyclic) bond motifs is 1. The number of ether oxygens (including phenoxy) is 1. The molecule has 3 saturated carbocycles. The van der Waals surface area contributed by atoms with Crippen molar-refractivity contribution in [1.29, 1.82) is 0 Å². The number of halogens is 2. The van der Waals surface area contributed by atoms with Crippen LogP contribution in [0.3, 0.4) is 0 Å². The molecule has 5 nitrogen and oxygen atoms in total. The van der Waals surface area contributed by atoms with Gasteiger partial charge in [-0.1, -0.05) is 35.3 Å². The van der Waals surface area contributed by atoms with Crippen LogP contribution < -0.4 is 4.74 Å². The molecule has 2 aromatic carbocycles. The summed E-state index contributed by atoms with van der Waals surface area (Å²) in [6.45, 7) is 0.738. The summed E-state index contributed by atoms with van der Waals surface area (Å²) in [5.41, 5.74) is 1.69. The lowest BCUT2D eigenvalue weighted by Crippen LogP contribution is -2.75. The molecule has 7 rings (SSSR count). The quantitative estimate of drug-likeness (QED) is 0.641. The number of rotatable bonds is 5. The lowest BCUT2D eigenvalue weighted by Gasteiger charge is -2.73. The molecule has 2 bridgehead atoms. The molecule has 0 aromatic heterocycles. The van der Waals surface area contributed by atoms with E-state index in [9.17, 15) is 14.7 Å². The number of aliphatic hydroxyl groups is 1. The van der Waals surface area contributed by atoms with Crippen LogP contribution in [0.15, 0.2) is 42.5 Å². The number of ketones is 1. The number of nitrogens with zero attached hydrogens (tertiary/aromatic N) is 1. The molecular weight excluding hydrogens is 461 g/mol. The highest BCUT2D eigenvalue weighted by atomic mass is 35.5. The van der Waals surface area contributed by atoms with Gasteiger partial charge < -0.3 is 14.7 Å². The van der Waals surface area contributed by atoms with Crippen LogP contribution in [0.4, 0.5) is 0 Å². The van der Waals surface area contributed by atoms with Gasteiger partial charge in [0.05, 0.1) is 6.10 Å². The maximum Gasteiger partial charge on any atom is 0.223 e. The topological polar surface area (TPSA) is 66.8 Å². The van der Waals surface area contributed by atoms with E-state index in [2.05, 4.69) is 4.90 Å². The van der Waals surface area contributed by atoms with Crippen LogP contribution in [0.25, 0.3) is 0 Å². The first-order chi connectivity index (χ1) is 15.8. The highest BCUT2D eigenvalue weighted by molar-refractivity contribution is 6.30. The average Bonchev–Trinajstić information content (AvgIpc) is 3.11. The van der Waals surface area contributed by atoms with Crippen molar-refractivity contribution in [2.45, 2.75) is 62.2 Å². The van der Waals surface area contributed by atoms with Crippen molar-refractivity contribution in [3.63, 3.8) is 0 Å². The second kappa shape index (κ2) is 7.46. The Bertz CT molecular complexity index is 1130. The largest absolute Gasteiger partial charge is 0.482 e. The minimum atomic E-state index is -0.757. The molecule has 3 aliphatic carbocycles. The fourth-order valence-corrected chi connectivity index (χ4v) is 6.94. The molecule has 33 heavy (non-hydrogen) atoms. The van der Waals surface area contributed by atoms with E-state index in [1.165, 1.54) is 0 Å². The van der Waals surface area contributed by atoms with Crippen molar-refractivity contribution < 1.29 is 19.4 Å². The Kier molecular flexibility index (Phi) is 4.85. The van der Waals surface area contributed by atoms with E-state index < -0.39 is 12.2 Å². The van der Waals surface area contributed by atoms with E-state index in [0.29, 0.717) is 34.2 Å². The summed E-state index contributed by atoms with van der Waals surface area (Å²) >= 11 is 12.0. The summed E-state index contributed by atoms with van der Waals surface area (Å²) in [4.78, 5) is 27.9. The molecule has 2 aliphatic heterocycles. The standard InChI is InChI=1S/C26H25Cl2NO4/c27-17-3-1-15(2-4-17)16-7-24(32)29(11-16)26-12-25(13-26,14-26)10-21(31)23-9-20(30)19-8-18(28)5-6-22(19)33-23/h1-6,8,16,20,23,30H,7,9-14H2/t16?,20-,23-,25?,26?/m1/s1. The number of benzene rings is 2. The SMILES string of the molecule is O=C(CC12CC(N3CC(c4ccc(Cl)cc4)CC3=O)(C1)C2)[C@H]1C[C@@H](O)c2cc(Cl)ccc2O1. The summed E-state index contributed by atoms with van der Waals surface area (Å²) in [6, 6.07) is 12.9. The van der Waals surface area contributed by atoms with E-state index >= 15 is 0 Å². The van der Waals surface area contributed by atoms with Crippen molar-refractivity contribution >= 4 is 34.9 Å². The molecule has 0 spiro atoms. The van der Waals surface area contributed by atoms with E-state index in [-0.39, 0.29) is 35.0 Å². The predicted molar refractivity (Wildman–Crippen MR) is 125 cm³/mol. The van der Waals surface area contributed by atoms with Gasteiger partial charge in [0, 0.05) is 52.9 Å². The van der Waals surface area contributed by atoms with Crippen LogP contribution in [0.1, 0.15) is 61.7 Å². The number of aliphatic hydroxyl groups excluding tert-OH is 1. The molecule has 1 unspecified atom stereocenters. The third kappa shape index (κ3) is 3.48. The van der Waals surface area contributed by atoms with Crippen LogP contribution in [0, 0.1) is 5.41 Å². The van der Waals surface area contributed by atoms with Gasteiger partial charge in [-0.15, -0.1) is 0 Å². The van der Waals surface area contributed by atoms with Crippen molar-refractivity contribution in [2.75, 3.05) is 6.54 Å². The minimum Gasteiger partial charge on any atom is -0.482 e. The second-order valence-electron chi connectivity index (χ2n) is 10.4. The second-order valence-corrected chi connectivity index (χ2v) is 11.3. The molecular formula is C26H25Cl2NO4. The summed E-state index contributed by atoms with van der Waals surface area (Å²) in [6.07, 6.45) is 2.48. The Balaban J connectivity index is 1.08. The van der Waals surface area contributed by atoms with Crippen molar-refractivity contribution in [1.82, 2.24) is 4.90 Å². The Morgan fingerprint density at radius 2 is 1.79 bits per heavy atom. The van der Waals surface area contributed by atoms with Gasteiger partial charge in [-0.2, -0.15) is 0 Å². The maximum atomic E-state index is 13.1. The summed E-state index contributed by atoms with van der Waals surface area (Å²) < 4.78 is 5.92. The molecule has 7 heteroatoms. The first-order valence-electron chi connectivity index (χ1n) is 11.5. The Labute approximate surface area is 202 Å². The predicted octanol–water partition coefficient (Wildman–Crippen LogP) is 5.08. The fraction of sp³-hybridized carbons (Fsp3) is 0.462. The molecule has 4 fully saturated rings. The number of carbonyl (C=O) groups is 2. The van der Waals surface area contributed by atoms with Gasteiger partial charge in [0.25, 0.3) is 0 Å². The van der Waals surface area contributed by atoms with E-state index in [4.69, 9.17) is 27.9 Å². The van der Waals surface area contributed by atoms with Crippen molar-refractivity contribution in [3.8, 4) is 5.75 Å². The number of amides is 1. The number of hydrogen-bond donors (Lipinski definition) is 1. The van der Waals surface area contributed by atoms with Gasteiger partial charge in [0.15, 0.2) is 11.9 Å². The molecule has 5 aliphatic rings. The Hall–Kier alpha value is -2.08. The zero-order valence-corrected chi connectivity index (χ0v) is 19.6. The third-order valence-electron chi connectivity index (χ3n) is 8.10. The van der Waals surface area contributed by atoms with E-state index in [0.717, 1.165) is 31.4 Å². The zero-order valence-electron chi connectivity index (χ0n) is 18.1. The average molecular weight is 486 g/mol. The maximum absolute atomic E-state index is 13.1. The highest BCUT2D eigenvalue weighted by Crippen LogP contribution is 2.72. The van der Waals surface area contributed by atoms with Gasteiger partial charge in [-0.05, 0) is 60.6 Å². The van der Waals surface area contributed by atoms with Gasteiger partial charge in [-0.25, -0.2) is 0 Å². The van der Waals surface area contributed by atoms with Gasteiger partial charge in [0.2, 0.25) is 5.91 Å². The minimum absolute atomic E-state index is 0.0235. The fourth-order valence-electron chi connectivity index (χ4n) is 6.64. The molecule has 1 amide bonds. The lowest BCUT2D eigenvalue weighted by atomic mass is 9.37. The number of hydrogen-bond acceptors (Lipinski definition) is 4. The normalized spacial score (nSPS) is 34.2. The first kappa shape index (κ1) is 21.5. The third-order valence-corrected chi connectivity index (χ3v) is 8.58. The summed E-state index contributed by atoms with van der Waals surface area (Å²) in [5.74, 6) is 0.979.